The lowest BCUT2D eigenvalue weighted by atomic mass is 10.2. The summed E-state index contributed by atoms with van der Waals surface area (Å²) in [6, 6.07) is 2.01. The number of thiophene rings is 1. The number of carbonyl (C=O) groups is 1. The predicted octanol–water partition coefficient (Wildman–Crippen LogP) is 4.33. The summed E-state index contributed by atoms with van der Waals surface area (Å²) in [5.74, 6) is 0. The van der Waals surface area contributed by atoms with Crippen molar-refractivity contribution in [1.29, 1.82) is 0 Å². The van der Waals surface area contributed by atoms with Gasteiger partial charge in [0.1, 0.15) is 9.94 Å². The van der Waals surface area contributed by atoms with Gasteiger partial charge < -0.3 is 15.4 Å². The van der Waals surface area contributed by atoms with Crippen LogP contribution in [0.1, 0.15) is 25.6 Å². The smallest absolute Gasteiger partial charge is 0.407 e. The quantitative estimate of drug-likeness (QED) is 0.556. The number of carbonyl (C=O) groups excluding carboxylic acids is 1. The number of ether oxygens (including phenoxy) is 1. The van der Waals surface area contributed by atoms with Crippen LogP contribution >= 0.6 is 38.9 Å². The molecule has 0 aromatic carbocycles. The molecule has 4 nitrogen and oxygen atoms in total. The predicted molar refractivity (Wildman–Crippen MR) is 92.1 cm³/mol. The van der Waals surface area contributed by atoms with Gasteiger partial charge in [-0.15, -0.1) is 11.3 Å². The zero-order valence-electron chi connectivity index (χ0n) is 12.3. The lowest BCUT2D eigenvalue weighted by Gasteiger charge is -2.19. The molecule has 1 aromatic rings. The average molecular weight is 396 g/mol. The Morgan fingerprint density at radius 1 is 1.43 bits per heavy atom. The second kappa shape index (κ2) is 8.78. The maximum absolute atomic E-state index is 11.4. The number of hydrogen-bond acceptors (Lipinski definition) is 4. The van der Waals surface area contributed by atoms with Crippen molar-refractivity contribution in [3.8, 4) is 0 Å². The second-order valence-electron chi connectivity index (χ2n) is 5.32. The highest BCUT2D eigenvalue weighted by Gasteiger charge is 2.14. The van der Waals surface area contributed by atoms with Gasteiger partial charge in [0, 0.05) is 29.0 Å². The molecule has 1 aromatic heterocycles. The summed E-state index contributed by atoms with van der Waals surface area (Å²) in [6.45, 7) is 7.44. The van der Waals surface area contributed by atoms with Gasteiger partial charge in [0.2, 0.25) is 0 Å². The maximum atomic E-state index is 11.4. The number of rotatable bonds is 6. The van der Waals surface area contributed by atoms with Crippen LogP contribution in [0, 0.1) is 0 Å². The van der Waals surface area contributed by atoms with Crippen LogP contribution in [-0.4, -0.2) is 24.8 Å². The van der Waals surface area contributed by atoms with Crippen LogP contribution in [0.15, 0.2) is 22.7 Å². The highest BCUT2D eigenvalue weighted by Crippen LogP contribution is 2.31. The molecule has 0 unspecified atom stereocenters. The Hall–Kier alpha value is -0.560. The van der Waals surface area contributed by atoms with Crippen LogP contribution in [0.5, 0.6) is 0 Å². The Labute approximate surface area is 143 Å². The van der Waals surface area contributed by atoms with Crippen molar-refractivity contribution in [2.24, 2.45) is 0 Å². The molecule has 0 aliphatic heterocycles. The van der Waals surface area contributed by atoms with Crippen molar-refractivity contribution in [1.82, 2.24) is 10.6 Å². The number of amides is 1. The third kappa shape index (κ3) is 8.46. The number of alkyl carbamates (subject to hydrolysis) is 1. The van der Waals surface area contributed by atoms with Gasteiger partial charge in [-0.25, -0.2) is 4.79 Å². The van der Waals surface area contributed by atoms with Crippen LogP contribution < -0.4 is 10.6 Å². The van der Waals surface area contributed by atoms with Crippen molar-refractivity contribution in [3.63, 3.8) is 0 Å². The largest absolute Gasteiger partial charge is 0.444 e. The van der Waals surface area contributed by atoms with Crippen LogP contribution in [-0.2, 0) is 11.3 Å². The summed E-state index contributed by atoms with van der Waals surface area (Å²) >= 11 is 10.9. The molecule has 1 rings (SSSR count). The summed E-state index contributed by atoms with van der Waals surface area (Å²) < 4.78 is 6.82. The van der Waals surface area contributed by atoms with E-state index in [1.807, 2.05) is 39.0 Å². The van der Waals surface area contributed by atoms with Crippen molar-refractivity contribution >= 4 is 45.0 Å². The van der Waals surface area contributed by atoms with Crippen molar-refractivity contribution in [2.45, 2.75) is 32.9 Å². The van der Waals surface area contributed by atoms with E-state index in [0.29, 0.717) is 6.54 Å². The van der Waals surface area contributed by atoms with Gasteiger partial charge in [0.05, 0.1) is 0 Å². The molecule has 21 heavy (non-hydrogen) atoms. The van der Waals surface area contributed by atoms with E-state index in [-0.39, 0.29) is 0 Å². The number of halogens is 2. The Morgan fingerprint density at radius 2 is 2.10 bits per heavy atom. The average Bonchev–Trinajstić information content (AvgIpc) is 2.65. The Morgan fingerprint density at radius 3 is 2.67 bits per heavy atom. The van der Waals surface area contributed by atoms with Gasteiger partial charge in [-0.1, -0.05) is 23.8 Å². The number of nitrogens with one attached hydrogen (secondary N) is 2. The third-order valence-electron chi connectivity index (χ3n) is 2.19. The SMILES string of the molecule is CC(C)(C)OC(=O)NC/C=C/CNCc1cc(Br)c(Cl)s1. The summed E-state index contributed by atoms with van der Waals surface area (Å²) in [7, 11) is 0. The fourth-order valence-corrected chi connectivity index (χ4v) is 3.14. The van der Waals surface area contributed by atoms with Crippen LogP contribution in [0.25, 0.3) is 0 Å². The van der Waals surface area contributed by atoms with E-state index >= 15 is 0 Å². The van der Waals surface area contributed by atoms with Gasteiger partial charge in [0.25, 0.3) is 0 Å². The monoisotopic (exact) mass is 394 g/mol. The zero-order chi connectivity index (χ0) is 15.9. The van der Waals surface area contributed by atoms with E-state index in [1.165, 1.54) is 4.88 Å². The van der Waals surface area contributed by atoms with Gasteiger partial charge in [0.15, 0.2) is 0 Å². The molecule has 0 aliphatic rings. The van der Waals surface area contributed by atoms with E-state index in [4.69, 9.17) is 16.3 Å². The summed E-state index contributed by atoms with van der Waals surface area (Å²) in [4.78, 5) is 12.5. The van der Waals surface area contributed by atoms with Crippen molar-refractivity contribution < 1.29 is 9.53 Å². The van der Waals surface area contributed by atoms with Crippen LogP contribution in [0.3, 0.4) is 0 Å². The zero-order valence-corrected chi connectivity index (χ0v) is 15.5. The fourth-order valence-electron chi connectivity index (χ4n) is 1.38. The van der Waals surface area contributed by atoms with Gasteiger partial charge in [-0.3, -0.25) is 0 Å². The molecule has 1 amide bonds. The molecule has 0 saturated carbocycles. The van der Waals surface area contributed by atoms with E-state index in [2.05, 4.69) is 26.6 Å². The van der Waals surface area contributed by atoms with E-state index < -0.39 is 11.7 Å². The molecular formula is C14H20BrClN2O2S. The first kappa shape index (κ1) is 18.5. The van der Waals surface area contributed by atoms with Gasteiger partial charge in [-0.2, -0.15) is 0 Å². The second-order valence-corrected chi connectivity index (χ2v) is 7.91. The Kier molecular flexibility index (Phi) is 7.73. The van der Waals surface area contributed by atoms with E-state index in [0.717, 1.165) is 21.9 Å². The normalized spacial score (nSPS) is 11.9. The summed E-state index contributed by atoms with van der Waals surface area (Å²) in [6.07, 6.45) is 3.44. The molecule has 0 aliphatic carbocycles. The highest BCUT2D eigenvalue weighted by molar-refractivity contribution is 9.10. The highest BCUT2D eigenvalue weighted by atomic mass is 79.9. The minimum atomic E-state index is -0.467. The number of hydrogen-bond donors (Lipinski definition) is 2. The van der Waals surface area contributed by atoms with Gasteiger partial charge in [-0.05, 0) is 42.8 Å². The topological polar surface area (TPSA) is 50.4 Å². The van der Waals surface area contributed by atoms with Crippen molar-refractivity contribution in [2.75, 3.05) is 13.1 Å². The third-order valence-corrected chi connectivity index (χ3v) is 4.66. The molecule has 0 spiro atoms. The molecule has 0 atom stereocenters. The first-order valence-corrected chi connectivity index (χ1v) is 8.53. The van der Waals surface area contributed by atoms with Gasteiger partial charge >= 0.3 is 6.09 Å². The molecule has 1 heterocycles. The first-order valence-electron chi connectivity index (χ1n) is 6.54. The first-order chi connectivity index (χ1) is 9.78. The standard InChI is InChI=1S/C14H20BrClN2O2S/c1-14(2,3)20-13(19)18-7-5-4-6-17-9-10-8-11(15)12(16)21-10/h4-5,8,17H,6-7,9H2,1-3H3,(H,18,19)/b5-4+. The Balaban J connectivity index is 2.11. The minimum absolute atomic E-state index is 0.404. The van der Waals surface area contributed by atoms with Crippen LogP contribution in [0.2, 0.25) is 4.34 Å². The molecule has 0 radical (unpaired) electrons. The molecule has 118 valence electrons. The summed E-state index contributed by atoms with van der Waals surface area (Å²) in [5.41, 5.74) is -0.467. The lowest BCUT2D eigenvalue weighted by molar-refractivity contribution is 0.0534. The van der Waals surface area contributed by atoms with E-state index in [9.17, 15) is 4.79 Å². The van der Waals surface area contributed by atoms with Crippen LogP contribution in [0.4, 0.5) is 4.79 Å². The molecule has 0 bridgehead atoms. The molecular weight excluding hydrogens is 376 g/mol. The van der Waals surface area contributed by atoms with Crippen molar-refractivity contribution in [3.05, 3.63) is 31.9 Å². The summed E-state index contributed by atoms with van der Waals surface area (Å²) in [5, 5.41) is 5.93. The molecule has 2 N–H and O–H groups in total. The molecule has 0 saturated heterocycles. The minimum Gasteiger partial charge on any atom is -0.444 e. The maximum Gasteiger partial charge on any atom is 0.407 e. The molecule has 0 fully saturated rings. The molecule has 7 heteroatoms. The lowest BCUT2D eigenvalue weighted by Crippen LogP contribution is -2.32. The van der Waals surface area contributed by atoms with E-state index in [1.54, 1.807) is 11.3 Å². The Bertz CT molecular complexity index is 478. The fraction of sp³-hybridized carbons (Fsp3) is 0.500.